The molecule has 1 fully saturated rings. The van der Waals surface area contributed by atoms with Gasteiger partial charge in [0.25, 0.3) is 0 Å². The van der Waals surface area contributed by atoms with Gasteiger partial charge in [0.05, 0.1) is 21.3 Å². The van der Waals surface area contributed by atoms with Gasteiger partial charge in [-0.1, -0.05) is 73.9 Å². The molecule has 0 heterocycles. The number of carbonyl (C=O) groups excluding carboxylic acids is 2. The summed E-state index contributed by atoms with van der Waals surface area (Å²) < 4.78 is 46.1. The average Bonchev–Trinajstić information content (AvgIpc) is 3.21. The van der Waals surface area contributed by atoms with Crippen LogP contribution in [0.15, 0.2) is 90.5 Å². The molecule has 0 spiro atoms. The number of benzene rings is 3. The molecule has 60 heavy (non-hydrogen) atoms. The van der Waals surface area contributed by atoms with Crippen molar-refractivity contribution in [1.29, 1.82) is 0 Å². The molecule has 1 unspecified atom stereocenters. The summed E-state index contributed by atoms with van der Waals surface area (Å²) >= 11 is 0. The number of hydrogen-bond donors (Lipinski definition) is 0. The zero-order chi connectivity index (χ0) is 43.4. The lowest BCUT2D eigenvalue weighted by molar-refractivity contribution is 0.0755. The van der Waals surface area contributed by atoms with Gasteiger partial charge in [0.1, 0.15) is 6.10 Å². The third-order valence-electron chi connectivity index (χ3n) is 11.4. The van der Waals surface area contributed by atoms with Crippen LogP contribution in [0.2, 0.25) is 51.4 Å². The van der Waals surface area contributed by atoms with Crippen LogP contribution in [-0.2, 0) is 36.0 Å². The lowest BCUT2D eigenvalue weighted by atomic mass is 9.64. The summed E-state index contributed by atoms with van der Waals surface area (Å²) in [5, 5.41) is 0. The van der Waals surface area contributed by atoms with Crippen LogP contribution < -0.4 is 18.9 Å². The fraction of sp³-hybridized carbons (Fsp3) is 0.489. The van der Waals surface area contributed by atoms with E-state index in [1.807, 2.05) is 30.3 Å². The molecule has 326 valence electrons. The molecule has 3 aromatic carbocycles. The van der Waals surface area contributed by atoms with Gasteiger partial charge in [0.15, 0.2) is 39.6 Å². The summed E-state index contributed by atoms with van der Waals surface area (Å²) in [5.74, 6) is 1.66. The highest BCUT2D eigenvalue weighted by Crippen LogP contribution is 2.46. The highest BCUT2D eigenvalue weighted by molar-refractivity contribution is 6.87. The normalized spacial score (nSPS) is 16.7. The van der Waals surface area contributed by atoms with Gasteiger partial charge in [-0.25, -0.2) is 9.59 Å². The van der Waals surface area contributed by atoms with Crippen LogP contribution in [-0.4, -0.2) is 64.9 Å². The molecule has 2 aliphatic carbocycles. The van der Waals surface area contributed by atoms with Gasteiger partial charge >= 0.3 is 20.9 Å². The van der Waals surface area contributed by atoms with Gasteiger partial charge in [-0.15, -0.1) is 0 Å². The van der Waals surface area contributed by atoms with Crippen molar-refractivity contribution in [2.75, 3.05) is 21.3 Å². The zero-order valence-electron chi connectivity index (χ0n) is 37.2. The lowest BCUT2D eigenvalue weighted by Gasteiger charge is -2.40. The van der Waals surface area contributed by atoms with E-state index in [1.165, 1.54) is 37.5 Å². The van der Waals surface area contributed by atoms with Gasteiger partial charge in [0.2, 0.25) is 0 Å². The molecule has 1 atom stereocenters. The minimum absolute atomic E-state index is 0.0213. The molecule has 1 saturated carbocycles. The van der Waals surface area contributed by atoms with Crippen molar-refractivity contribution in [3.63, 3.8) is 0 Å². The van der Waals surface area contributed by atoms with Gasteiger partial charge < -0.3 is 36.7 Å². The molecular formula is C47H66O10Si3. The van der Waals surface area contributed by atoms with Crippen molar-refractivity contribution in [2.24, 2.45) is 0 Å². The summed E-state index contributed by atoms with van der Waals surface area (Å²) in [4.78, 5) is 24.5. The maximum Gasteiger partial charge on any atom is 0.514 e. The van der Waals surface area contributed by atoms with Crippen LogP contribution in [0, 0.1) is 0 Å². The topological polar surface area (TPSA) is 108 Å². The van der Waals surface area contributed by atoms with Crippen molar-refractivity contribution in [3.8, 4) is 23.0 Å². The third-order valence-corrected chi connectivity index (χ3v) is 22.9. The Morgan fingerprint density at radius 3 is 1.68 bits per heavy atom. The summed E-state index contributed by atoms with van der Waals surface area (Å²) in [6, 6.07) is 24.1. The predicted octanol–water partition coefficient (Wildman–Crippen LogP) is 12.2. The highest BCUT2D eigenvalue weighted by atomic mass is 28.5. The van der Waals surface area contributed by atoms with Crippen molar-refractivity contribution in [3.05, 3.63) is 107 Å². The van der Waals surface area contributed by atoms with E-state index in [4.69, 9.17) is 31.9 Å². The molecular weight excluding hydrogens is 809 g/mol. The van der Waals surface area contributed by atoms with Gasteiger partial charge in [-0.05, 0) is 143 Å². The number of ether oxygens (including phenoxy) is 6. The second-order valence-corrected chi connectivity index (χ2v) is 30.1. The van der Waals surface area contributed by atoms with E-state index in [2.05, 4.69) is 86.5 Å². The van der Waals surface area contributed by atoms with Crippen molar-refractivity contribution in [2.45, 2.75) is 127 Å². The van der Waals surface area contributed by atoms with Crippen molar-refractivity contribution >= 4 is 37.5 Å². The third kappa shape index (κ3) is 13.4. The first-order valence-electron chi connectivity index (χ1n) is 21.4. The Kier molecular flexibility index (Phi) is 16.5. The molecule has 2 aliphatic rings. The fourth-order valence-electron chi connectivity index (χ4n) is 8.86. The Hall–Kier alpha value is -4.15. The second-order valence-electron chi connectivity index (χ2n) is 17.6. The Labute approximate surface area is 361 Å². The molecule has 3 aromatic rings. The average molecular weight is 875 g/mol. The van der Waals surface area contributed by atoms with E-state index in [9.17, 15) is 9.59 Å². The first-order valence-corrected chi connectivity index (χ1v) is 30.4. The SMILES string of the molecule is COC(=O)Oc1ccc(CCC[Si](C)(C)O[Si](C)(C)O[Si](C)(C)CCCc2ccc(OC(=O)OC3C=CC(C4(c5ccccc5)CCCCC4)=CC3)c(OC)c2)cc1OC. The number of rotatable bonds is 19. The van der Waals surface area contributed by atoms with E-state index in [0.717, 1.165) is 61.7 Å². The largest absolute Gasteiger partial charge is 0.514 e. The number of allylic oxidation sites excluding steroid dienone is 2. The maximum absolute atomic E-state index is 13.0. The Morgan fingerprint density at radius 1 is 0.667 bits per heavy atom. The number of carbonyl (C=O) groups is 2. The molecule has 5 rings (SSSR count). The van der Waals surface area contributed by atoms with Crippen LogP contribution in [0.1, 0.15) is 68.1 Å². The number of methoxy groups -OCH3 is 3. The minimum atomic E-state index is -2.40. The van der Waals surface area contributed by atoms with Crippen LogP contribution in [0.4, 0.5) is 9.59 Å². The molecule has 0 saturated heterocycles. The van der Waals surface area contributed by atoms with E-state index < -0.39 is 37.5 Å². The highest BCUT2D eigenvalue weighted by Gasteiger charge is 2.40. The van der Waals surface area contributed by atoms with E-state index in [1.54, 1.807) is 26.4 Å². The predicted molar refractivity (Wildman–Crippen MR) is 244 cm³/mol. The minimum Gasteiger partial charge on any atom is -0.493 e. The van der Waals surface area contributed by atoms with E-state index in [-0.39, 0.29) is 11.5 Å². The van der Waals surface area contributed by atoms with Gasteiger partial charge in [-0.3, -0.25) is 0 Å². The number of hydrogen-bond acceptors (Lipinski definition) is 10. The quantitative estimate of drug-likeness (QED) is 0.0656. The molecule has 10 nitrogen and oxygen atoms in total. The molecule has 0 aliphatic heterocycles. The standard InChI is InChI=1S/C47H66O10Si3/c1-50-43-34-36(22-28-41(43)54-45(48)52-3)18-16-32-58(4,5)56-60(8,9)57-59(6,7)33-17-19-37-23-29-42(44(35-37)51-2)55-46(49)53-40-26-24-39(25-27-40)47(30-14-11-15-31-47)38-20-12-10-13-21-38/h10,12-13,20-26,28-29,34-35,40H,11,14-19,27,30-33H2,1-9H3. The van der Waals surface area contributed by atoms with E-state index in [0.29, 0.717) is 29.4 Å². The summed E-state index contributed by atoms with van der Waals surface area (Å²) in [6.07, 6.45) is 14.7. The monoisotopic (exact) mass is 874 g/mol. The first kappa shape index (κ1) is 46.9. The second kappa shape index (κ2) is 21.1. The Morgan fingerprint density at radius 2 is 1.20 bits per heavy atom. The summed E-state index contributed by atoms with van der Waals surface area (Å²) in [5.41, 5.74) is 4.91. The molecule has 0 radical (unpaired) electrons. The van der Waals surface area contributed by atoms with Gasteiger partial charge in [0, 0.05) is 11.8 Å². The number of aryl methyl sites for hydroxylation is 2. The fourth-order valence-corrected chi connectivity index (χ4v) is 22.9. The smallest absolute Gasteiger partial charge is 0.493 e. The van der Waals surface area contributed by atoms with Crippen molar-refractivity contribution < 1.29 is 46.2 Å². The lowest BCUT2D eigenvalue weighted by Crippen LogP contribution is -2.52. The van der Waals surface area contributed by atoms with Crippen LogP contribution >= 0.6 is 0 Å². The molecule has 0 N–H and O–H groups in total. The van der Waals surface area contributed by atoms with E-state index >= 15 is 0 Å². The Bertz CT molecular complexity index is 1950. The summed E-state index contributed by atoms with van der Waals surface area (Å²) in [7, 11) is -2.06. The zero-order valence-corrected chi connectivity index (χ0v) is 40.2. The van der Waals surface area contributed by atoms with Crippen LogP contribution in [0.3, 0.4) is 0 Å². The molecule has 0 amide bonds. The van der Waals surface area contributed by atoms with Gasteiger partial charge in [-0.2, -0.15) is 0 Å². The molecule has 13 heteroatoms. The molecule has 0 aromatic heterocycles. The van der Waals surface area contributed by atoms with Crippen LogP contribution in [0.5, 0.6) is 23.0 Å². The maximum atomic E-state index is 13.0. The molecule has 0 bridgehead atoms. The van der Waals surface area contributed by atoms with Crippen molar-refractivity contribution in [1.82, 2.24) is 0 Å². The van der Waals surface area contributed by atoms with Crippen LogP contribution in [0.25, 0.3) is 0 Å². The first-order chi connectivity index (χ1) is 28.6. The Balaban J connectivity index is 1.06. The summed E-state index contributed by atoms with van der Waals surface area (Å²) in [6.45, 7) is 13.4.